The predicted molar refractivity (Wildman–Crippen MR) is 55.5 cm³/mol. The summed E-state index contributed by atoms with van der Waals surface area (Å²) in [6.07, 6.45) is 2.69. The molecule has 0 atom stereocenters. The molecular formula is C10H6N4O2. The molecule has 0 spiro atoms. The van der Waals surface area contributed by atoms with Crippen molar-refractivity contribution in [2.24, 2.45) is 0 Å². The summed E-state index contributed by atoms with van der Waals surface area (Å²) in [5.41, 5.74) is 1.07. The van der Waals surface area contributed by atoms with Gasteiger partial charge in [0.1, 0.15) is 18.0 Å². The molecule has 2 heterocycles. The number of hydrogen-bond acceptors (Lipinski definition) is 5. The number of aromatic nitrogens is 4. The zero-order valence-corrected chi connectivity index (χ0v) is 8.03. The van der Waals surface area contributed by atoms with Crippen LogP contribution in [0.5, 0.6) is 5.75 Å². The topological polar surface area (TPSA) is 85.8 Å². The van der Waals surface area contributed by atoms with E-state index in [1.54, 1.807) is 12.1 Å². The summed E-state index contributed by atoms with van der Waals surface area (Å²) in [6, 6.07) is 4.71. The van der Waals surface area contributed by atoms with Crippen LogP contribution in [0.15, 0.2) is 30.7 Å². The minimum Gasteiger partial charge on any atom is -0.618 e. The molecule has 6 heteroatoms. The highest BCUT2D eigenvalue weighted by Crippen LogP contribution is 2.20. The van der Waals surface area contributed by atoms with Gasteiger partial charge in [-0.05, 0) is 12.1 Å². The maximum absolute atomic E-state index is 11.9. The molecule has 0 unspecified atom stereocenters. The van der Waals surface area contributed by atoms with Crippen LogP contribution >= 0.6 is 0 Å². The Morgan fingerprint density at radius 3 is 3.06 bits per heavy atom. The van der Waals surface area contributed by atoms with E-state index in [4.69, 9.17) is 0 Å². The van der Waals surface area contributed by atoms with Crippen LogP contribution < -0.4 is 4.73 Å². The first kappa shape index (κ1) is 8.78. The van der Waals surface area contributed by atoms with E-state index in [1.165, 1.54) is 18.6 Å². The Labute approximate surface area is 89.4 Å². The number of benzene rings is 1. The average Bonchev–Trinajstić information content (AvgIpc) is 2.29. The lowest BCUT2D eigenvalue weighted by Gasteiger charge is -2.04. The smallest absolute Gasteiger partial charge is 0.285 e. The highest BCUT2D eigenvalue weighted by Gasteiger charge is 2.15. The lowest BCUT2D eigenvalue weighted by molar-refractivity contribution is -0.548. The molecule has 0 saturated carbocycles. The molecule has 0 aliphatic heterocycles. The Kier molecular flexibility index (Phi) is 1.64. The predicted octanol–water partition coefficient (Wildman–Crippen LogP) is 0.517. The van der Waals surface area contributed by atoms with Gasteiger partial charge in [0.05, 0.1) is 0 Å². The highest BCUT2D eigenvalue weighted by molar-refractivity contribution is 5.82. The van der Waals surface area contributed by atoms with Crippen LogP contribution in [0.1, 0.15) is 0 Å². The molecule has 0 saturated heterocycles. The maximum Gasteiger partial charge on any atom is 0.285 e. The van der Waals surface area contributed by atoms with Gasteiger partial charge in [-0.15, -0.1) is 0 Å². The van der Waals surface area contributed by atoms with Crippen molar-refractivity contribution in [2.75, 3.05) is 0 Å². The molecule has 3 rings (SSSR count). The van der Waals surface area contributed by atoms with E-state index in [1.807, 2.05) is 0 Å². The van der Waals surface area contributed by atoms with Gasteiger partial charge in [-0.3, -0.25) is 0 Å². The summed E-state index contributed by atoms with van der Waals surface area (Å²) in [5.74, 6) is -0.106. The number of hydrogen-bond donors (Lipinski definition) is 1. The molecule has 6 nitrogen and oxygen atoms in total. The van der Waals surface area contributed by atoms with Crippen molar-refractivity contribution in [3.05, 3.63) is 35.9 Å². The van der Waals surface area contributed by atoms with Crippen molar-refractivity contribution in [1.29, 1.82) is 0 Å². The molecule has 0 radical (unpaired) electrons. The number of nitrogens with zero attached hydrogens (tertiary/aromatic N) is 4. The Morgan fingerprint density at radius 1 is 1.31 bits per heavy atom. The van der Waals surface area contributed by atoms with Gasteiger partial charge in [0, 0.05) is 0 Å². The average molecular weight is 214 g/mol. The molecular weight excluding hydrogens is 208 g/mol. The first-order chi connectivity index (χ1) is 7.77. The Balaban J connectivity index is 2.62. The van der Waals surface area contributed by atoms with Crippen LogP contribution in [0, 0.1) is 5.21 Å². The van der Waals surface area contributed by atoms with Crippen LogP contribution in [0.3, 0.4) is 0 Å². The minimum atomic E-state index is -0.106. The Bertz CT molecular complexity index is 699. The SMILES string of the molecule is [O-][n+]1c2cncnc2nc2cccc(O)c21. The van der Waals surface area contributed by atoms with Gasteiger partial charge in [0.25, 0.3) is 11.0 Å². The second-order valence-electron chi connectivity index (χ2n) is 3.28. The molecule has 0 amide bonds. The third kappa shape index (κ3) is 1.07. The van der Waals surface area contributed by atoms with E-state index in [9.17, 15) is 10.3 Å². The summed E-state index contributed by atoms with van der Waals surface area (Å²) in [6.45, 7) is 0. The summed E-state index contributed by atoms with van der Waals surface area (Å²) in [4.78, 5) is 11.8. The van der Waals surface area contributed by atoms with E-state index in [-0.39, 0.29) is 16.8 Å². The highest BCUT2D eigenvalue weighted by atomic mass is 16.5. The van der Waals surface area contributed by atoms with E-state index < -0.39 is 0 Å². The lowest BCUT2D eigenvalue weighted by Crippen LogP contribution is -2.29. The van der Waals surface area contributed by atoms with Gasteiger partial charge < -0.3 is 10.3 Å². The second kappa shape index (κ2) is 2.99. The molecule has 0 fully saturated rings. The van der Waals surface area contributed by atoms with E-state index in [0.717, 1.165) is 0 Å². The zero-order chi connectivity index (χ0) is 11.1. The minimum absolute atomic E-state index is 0.106. The zero-order valence-electron chi connectivity index (χ0n) is 8.03. The van der Waals surface area contributed by atoms with Gasteiger partial charge in [0.2, 0.25) is 5.65 Å². The summed E-state index contributed by atoms with van der Waals surface area (Å²) in [5, 5.41) is 21.6. The van der Waals surface area contributed by atoms with Gasteiger partial charge >= 0.3 is 0 Å². The standard InChI is InChI=1S/C10H6N4O2/c15-8-3-1-2-6-9(8)14(16)7-4-11-5-12-10(7)13-6/h1-5,15H. The maximum atomic E-state index is 11.9. The van der Waals surface area contributed by atoms with Crippen LogP contribution in [-0.4, -0.2) is 20.1 Å². The third-order valence-electron chi connectivity index (χ3n) is 2.31. The van der Waals surface area contributed by atoms with Crippen LogP contribution in [0.4, 0.5) is 0 Å². The largest absolute Gasteiger partial charge is 0.618 e. The van der Waals surface area contributed by atoms with Gasteiger partial charge in [0.15, 0.2) is 5.75 Å². The molecule has 0 bridgehead atoms. The molecule has 1 N–H and O–H groups in total. The van der Waals surface area contributed by atoms with Crippen molar-refractivity contribution < 1.29 is 9.84 Å². The van der Waals surface area contributed by atoms with Crippen molar-refractivity contribution in [3.8, 4) is 5.75 Å². The summed E-state index contributed by atoms with van der Waals surface area (Å²) < 4.78 is 0.590. The second-order valence-corrected chi connectivity index (χ2v) is 3.28. The van der Waals surface area contributed by atoms with Gasteiger partial charge in [-0.2, -0.15) is 4.73 Å². The number of para-hydroxylation sites is 1. The molecule has 2 aromatic heterocycles. The summed E-state index contributed by atoms with van der Waals surface area (Å²) >= 11 is 0. The first-order valence-corrected chi connectivity index (χ1v) is 4.58. The monoisotopic (exact) mass is 214 g/mol. The van der Waals surface area contributed by atoms with Crippen molar-refractivity contribution >= 4 is 22.2 Å². The molecule has 0 aliphatic carbocycles. The van der Waals surface area contributed by atoms with E-state index >= 15 is 0 Å². The number of phenols is 1. The quantitative estimate of drug-likeness (QED) is 0.335. The molecule has 16 heavy (non-hydrogen) atoms. The van der Waals surface area contributed by atoms with Crippen LogP contribution in [-0.2, 0) is 0 Å². The number of phenolic OH excluding ortho intramolecular Hbond substituents is 1. The van der Waals surface area contributed by atoms with Gasteiger partial charge in [-0.1, -0.05) is 6.07 Å². The normalized spacial score (nSPS) is 11.0. The van der Waals surface area contributed by atoms with Crippen LogP contribution in [0.25, 0.3) is 22.2 Å². The number of aromatic hydroxyl groups is 1. The van der Waals surface area contributed by atoms with E-state index in [0.29, 0.717) is 15.9 Å². The molecule has 3 aromatic rings. The fourth-order valence-corrected chi connectivity index (χ4v) is 1.60. The molecule has 0 aliphatic rings. The van der Waals surface area contributed by atoms with Crippen molar-refractivity contribution in [3.63, 3.8) is 0 Å². The Hall–Kier alpha value is -2.50. The number of fused-ring (bicyclic) bond motifs is 2. The third-order valence-corrected chi connectivity index (χ3v) is 2.31. The lowest BCUT2D eigenvalue weighted by atomic mass is 10.2. The number of rotatable bonds is 0. The Morgan fingerprint density at radius 2 is 2.19 bits per heavy atom. The van der Waals surface area contributed by atoms with Gasteiger partial charge in [-0.25, -0.2) is 15.0 Å². The summed E-state index contributed by atoms with van der Waals surface area (Å²) in [7, 11) is 0. The first-order valence-electron chi connectivity index (χ1n) is 4.58. The van der Waals surface area contributed by atoms with Crippen LogP contribution in [0.2, 0.25) is 0 Å². The van der Waals surface area contributed by atoms with Crippen molar-refractivity contribution in [2.45, 2.75) is 0 Å². The fraction of sp³-hybridized carbons (Fsp3) is 0. The van der Waals surface area contributed by atoms with E-state index in [2.05, 4.69) is 15.0 Å². The van der Waals surface area contributed by atoms with Crippen molar-refractivity contribution in [1.82, 2.24) is 15.0 Å². The molecule has 1 aromatic carbocycles. The molecule has 78 valence electrons. The fourth-order valence-electron chi connectivity index (χ4n) is 1.60.